The van der Waals surface area contributed by atoms with Gasteiger partial charge in [-0.15, -0.1) is 0 Å². The van der Waals surface area contributed by atoms with Crippen molar-refractivity contribution < 1.29 is 19.1 Å². The second kappa shape index (κ2) is 8.19. The van der Waals surface area contributed by atoms with Crippen LogP contribution >= 0.6 is 0 Å². The molecule has 1 atom stereocenters. The van der Waals surface area contributed by atoms with Crippen LogP contribution < -0.4 is 0 Å². The van der Waals surface area contributed by atoms with Crippen LogP contribution in [0.15, 0.2) is 0 Å². The van der Waals surface area contributed by atoms with E-state index < -0.39 is 0 Å². The maximum atomic E-state index is 12.8. The molecule has 2 fully saturated rings. The van der Waals surface area contributed by atoms with Gasteiger partial charge in [0.15, 0.2) is 0 Å². The molecule has 142 valence electrons. The van der Waals surface area contributed by atoms with Gasteiger partial charge in [-0.05, 0) is 32.6 Å². The first-order valence-corrected chi connectivity index (χ1v) is 9.48. The fourth-order valence-corrected chi connectivity index (χ4v) is 3.69. The molecule has 0 aliphatic carbocycles. The molecular weight excluding hydrogens is 320 g/mol. The van der Waals surface area contributed by atoms with Crippen LogP contribution in [0, 0.1) is 17.3 Å². The molecule has 2 aliphatic rings. The van der Waals surface area contributed by atoms with Crippen molar-refractivity contribution in [2.24, 2.45) is 17.3 Å². The molecule has 2 saturated heterocycles. The van der Waals surface area contributed by atoms with Gasteiger partial charge in [0.25, 0.3) is 0 Å². The van der Waals surface area contributed by atoms with Crippen molar-refractivity contribution in [2.75, 3.05) is 32.8 Å². The summed E-state index contributed by atoms with van der Waals surface area (Å²) in [5.41, 5.74) is -0.378. The number of nitrogens with zero attached hydrogens (tertiary/aromatic N) is 2. The number of rotatable bonds is 3. The summed E-state index contributed by atoms with van der Waals surface area (Å²) >= 11 is 0. The Balaban J connectivity index is 1.87. The smallest absolute Gasteiger partial charge is 0.310 e. The molecule has 1 unspecified atom stereocenters. The fraction of sp³-hybridized carbons (Fsp3) is 0.842. The molecule has 0 spiro atoms. The van der Waals surface area contributed by atoms with Gasteiger partial charge in [0.2, 0.25) is 11.8 Å². The number of likely N-dealkylation sites (tertiary alicyclic amines) is 2. The van der Waals surface area contributed by atoms with Gasteiger partial charge in [0.05, 0.1) is 12.5 Å². The summed E-state index contributed by atoms with van der Waals surface area (Å²) in [7, 11) is 0. The monoisotopic (exact) mass is 352 g/mol. The van der Waals surface area contributed by atoms with Crippen LogP contribution in [0.3, 0.4) is 0 Å². The van der Waals surface area contributed by atoms with Gasteiger partial charge in [-0.25, -0.2) is 0 Å². The first kappa shape index (κ1) is 19.7. The molecule has 2 aliphatic heterocycles. The Bertz CT molecular complexity index is 504. The lowest BCUT2D eigenvalue weighted by atomic mass is 9.89. The summed E-state index contributed by atoms with van der Waals surface area (Å²) in [6.45, 7) is 10.4. The summed E-state index contributed by atoms with van der Waals surface area (Å²) in [5.74, 6) is -0.133. The van der Waals surface area contributed by atoms with E-state index in [4.69, 9.17) is 4.74 Å². The molecule has 0 radical (unpaired) electrons. The minimum atomic E-state index is -0.378. The van der Waals surface area contributed by atoms with Gasteiger partial charge in [-0.2, -0.15) is 0 Å². The first-order valence-electron chi connectivity index (χ1n) is 9.48. The van der Waals surface area contributed by atoms with E-state index in [-0.39, 0.29) is 35.0 Å². The minimum Gasteiger partial charge on any atom is -0.466 e. The number of amides is 2. The van der Waals surface area contributed by atoms with Crippen LogP contribution in [0.2, 0.25) is 0 Å². The zero-order chi connectivity index (χ0) is 18.6. The molecule has 2 heterocycles. The molecule has 2 rings (SSSR count). The quantitative estimate of drug-likeness (QED) is 0.729. The second-order valence-electron chi connectivity index (χ2n) is 8.19. The van der Waals surface area contributed by atoms with E-state index >= 15 is 0 Å². The second-order valence-corrected chi connectivity index (χ2v) is 8.19. The van der Waals surface area contributed by atoms with Crippen LogP contribution in [-0.2, 0) is 19.1 Å². The van der Waals surface area contributed by atoms with E-state index in [1.807, 2.05) is 30.6 Å². The van der Waals surface area contributed by atoms with Crippen molar-refractivity contribution in [2.45, 2.75) is 53.4 Å². The van der Waals surface area contributed by atoms with E-state index in [0.717, 1.165) is 19.4 Å². The van der Waals surface area contributed by atoms with Crippen LogP contribution in [0.1, 0.15) is 53.4 Å². The largest absolute Gasteiger partial charge is 0.466 e. The van der Waals surface area contributed by atoms with Crippen molar-refractivity contribution in [3.8, 4) is 0 Å². The third-order valence-corrected chi connectivity index (χ3v) is 5.13. The third-order valence-electron chi connectivity index (χ3n) is 5.13. The lowest BCUT2D eigenvalue weighted by Crippen LogP contribution is -2.49. The summed E-state index contributed by atoms with van der Waals surface area (Å²) in [6.07, 6.45) is 3.06. The SMILES string of the molecule is CCOC(=O)C1CCCN(C(=O)C2CCN(C(=O)C(C)(C)C)CC2)C1. The molecular formula is C19H32N2O4. The predicted octanol–water partition coefficient (Wildman–Crippen LogP) is 2.07. The number of carbonyl (C=O) groups is 3. The number of piperidine rings is 2. The van der Waals surface area contributed by atoms with Crippen LogP contribution in [0.5, 0.6) is 0 Å². The topological polar surface area (TPSA) is 66.9 Å². The maximum absolute atomic E-state index is 12.8. The van der Waals surface area contributed by atoms with Crippen LogP contribution in [0.4, 0.5) is 0 Å². The number of esters is 1. The van der Waals surface area contributed by atoms with Gasteiger partial charge in [0, 0.05) is 37.5 Å². The van der Waals surface area contributed by atoms with Gasteiger partial charge in [-0.3, -0.25) is 14.4 Å². The Labute approximate surface area is 150 Å². The zero-order valence-electron chi connectivity index (χ0n) is 16.0. The average molecular weight is 352 g/mol. The molecule has 0 aromatic carbocycles. The Morgan fingerprint density at radius 3 is 2.16 bits per heavy atom. The van der Waals surface area contributed by atoms with Crippen molar-refractivity contribution in [1.82, 2.24) is 9.80 Å². The van der Waals surface area contributed by atoms with Gasteiger partial charge in [-0.1, -0.05) is 20.8 Å². The molecule has 0 saturated carbocycles. The van der Waals surface area contributed by atoms with E-state index in [0.29, 0.717) is 39.1 Å². The van der Waals surface area contributed by atoms with Gasteiger partial charge >= 0.3 is 5.97 Å². The molecule has 0 aromatic heterocycles. The molecule has 0 aromatic rings. The first-order chi connectivity index (χ1) is 11.7. The van der Waals surface area contributed by atoms with E-state index in [1.54, 1.807) is 6.92 Å². The summed E-state index contributed by atoms with van der Waals surface area (Å²) < 4.78 is 5.11. The third kappa shape index (κ3) is 4.95. The maximum Gasteiger partial charge on any atom is 0.310 e. The Hall–Kier alpha value is -1.59. The highest BCUT2D eigenvalue weighted by atomic mass is 16.5. The van der Waals surface area contributed by atoms with E-state index in [9.17, 15) is 14.4 Å². The molecule has 2 amide bonds. The molecule has 25 heavy (non-hydrogen) atoms. The normalized spacial score (nSPS) is 22.6. The lowest BCUT2D eigenvalue weighted by Gasteiger charge is -2.38. The number of carbonyl (C=O) groups excluding carboxylic acids is 3. The van der Waals surface area contributed by atoms with Crippen LogP contribution in [-0.4, -0.2) is 60.4 Å². The standard InChI is InChI=1S/C19H32N2O4/c1-5-25-17(23)15-7-6-10-21(13-15)16(22)14-8-11-20(12-9-14)18(24)19(2,3)4/h14-15H,5-13H2,1-4H3. The highest BCUT2D eigenvalue weighted by Crippen LogP contribution is 2.27. The van der Waals surface area contributed by atoms with E-state index in [2.05, 4.69) is 0 Å². The Kier molecular flexibility index (Phi) is 6.47. The molecule has 0 bridgehead atoms. The average Bonchev–Trinajstić information content (AvgIpc) is 2.60. The Morgan fingerprint density at radius 2 is 1.60 bits per heavy atom. The fourth-order valence-electron chi connectivity index (χ4n) is 3.69. The van der Waals surface area contributed by atoms with Gasteiger partial charge < -0.3 is 14.5 Å². The number of hydrogen-bond acceptors (Lipinski definition) is 4. The lowest BCUT2D eigenvalue weighted by molar-refractivity contribution is -0.153. The zero-order valence-corrected chi connectivity index (χ0v) is 16.0. The van der Waals surface area contributed by atoms with Crippen molar-refractivity contribution in [3.63, 3.8) is 0 Å². The van der Waals surface area contributed by atoms with Crippen LogP contribution in [0.25, 0.3) is 0 Å². The summed E-state index contributed by atoms with van der Waals surface area (Å²) in [4.78, 5) is 40.8. The van der Waals surface area contributed by atoms with E-state index in [1.165, 1.54) is 0 Å². The summed E-state index contributed by atoms with van der Waals surface area (Å²) in [5, 5.41) is 0. The van der Waals surface area contributed by atoms with Crippen molar-refractivity contribution in [3.05, 3.63) is 0 Å². The van der Waals surface area contributed by atoms with Crippen molar-refractivity contribution >= 4 is 17.8 Å². The van der Waals surface area contributed by atoms with Crippen molar-refractivity contribution in [1.29, 1.82) is 0 Å². The number of hydrogen-bond donors (Lipinski definition) is 0. The highest BCUT2D eigenvalue weighted by Gasteiger charge is 2.36. The molecule has 6 nitrogen and oxygen atoms in total. The highest BCUT2D eigenvalue weighted by molar-refractivity contribution is 5.83. The van der Waals surface area contributed by atoms with Gasteiger partial charge in [0.1, 0.15) is 0 Å². The molecule has 0 N–H and O–H groups in total. The minimum absolute atomic E-state index is 0.0371. The molecule has 6 heteroatoms. The Morgan fingerprint density at radius 1 is 0.960 bits per heavy atom. The summed E-state index contributed by atoms with van der Waals surface area (Å²) in [6, 6.07) is 0. The predicted molar refractivity (Wildman–Crippen MR) is 94.7 cm³/mol. The number of ether oxygens (including phenoxy) is 1.